The fraction of sp³-hybridized carbons (Fsp3) is 0.385. The molecule has 0 radical (unpaired) electrons. The predicted octanol–water partition coefficient (Wildman–Crippen LogP) is 1.77. The summed E-state index contributed by atoms with van der Waals surface area (Å²) < 4.78 is 4.39. The van der Waals surface area contributed by atoms with Crippen molar-refractivity contribution in [1.82, 2.24) is 0 Å². The lowest BCUT2D eigenvalue weighted by Gasteiger charge is -2.15. The van der Waals surface area contributed by atoms with E-state index in [0.29, 0.717) is 5.69 Å². The van der Waals surface area contributed by atoms with Crippen LogP contribution in [0.25, 0.3) is 0 Å². The Kier molecular flexibility index (Phi) is 4.69. The predicted molar refractivity (Wildman–Crippen MR) is 65.9 cm³/mol. The third-order valence-corrected chi connectivity index (χ3v) is 2.53. The van der Waals surface area contributed by atoms with Crippen LogP contribution < -0.4 is 4.90 Å². The molecule has 0 aromatic heterocycles. The van der Waals surface area contributed by atoms with E-state index in [1.165, 1.54) is 17.6 Å². The fourth-order valence-electron chi connectivity index (χ4n) is 1.52. The molecule has 0 heterocycles. The number of amides is 1. The number of aryl methyl sites for hydroxylation is 1. The highest BCUT2D eigenvalue weighted by atomic mass is 16.5. The summed E-state index contributed by atoms with van der Waals surface area (Å²) >= 11 is 0. The molecule has 0 fully saturated rings. The van der Waals surface area contributed by atoms with E-state index in [0.717, 1.165) is 12.8 Å². The molecule has 4 heteroatoms. The number of anilines is 1. The van der Waals surface area contributed by atoms with Crippen molar-refractivity contribution in [2.45, 2.75) is 19.8 Å². The van der Waals surface area contributed by atoms with Gasteiger partial charge in [-0.2, -0.15) is 0 Å². The Hall–Kier alpha value is -1.84. The molecule has 92 valence electrons. The van der Waals surface area contributed by atoms with Crippen LogP contribution in [0.5, 0.6) is 0 Å². The van der Waals surface area contributed by atoms with E-state index in [-0.39, 0.29) is 0 Å². The van der Waals surface area contributed by atoms with Crippen molar-refractivity contribution in [2.24, 2.45) is 0 Å². The van der Waals surface area contributed by atoms with Crippen molar-refractivity contribution in [3.8, 4) is 0 Å². The molecular formula is C13H17NO3. The molecule has 0 aliphatic carbocycles. The molecule has 0 N–H and O–H groups in total. The van der Waals surface area contributed by atoms with Crippen molar-refractivity contribution in [3.05, 3.63) is 29.8 Å². The molecule has 0 saturated carbocycles. The Labute approximate surface area is 101 Å². The first-order valence-corrected chi connectivity index (χ1v) is 5.55. The van der Waals surface area contributed by atoms with Crippen LogP contribution in [-0.2, 0) is 20.7 Å². The number of nitrogens with zero attached hydrogens (tertiary/aromatic N) is 1. The average molecular weight is 235 g/mol. The van der Waals surface area contributed by atoms with Crippen molar-refractivity contribution in [2.75, 3.05) is 19.1 Å². The molecule has 1 rings (SSSR count). The first-order chi connectivity index (χ1) is 8.10. The molecular weight excluding hydrogens is 218 g/mol. The van der Waals surface area contributed by atoms with Gasteiger partial charge in [0.05, 0.1) is 7.11 Å². The lowest BCUT2D eigenvalue weighted by molar-refractivity contribution is -0.151. The van der Waals surface area contributed by atoms with Gasteiger partial charge in [0.15, 0.2) is 0 Å². The molecule has 0 aliphatic rings. The molecule has 0 aliphatic heterocycles. The topological polar surface area (TPSA) is 46.6 Å². The summed E-state index contributed by atoms with van der Waals surface area (Å²) in [4.78, 5) is 23.9. The molecule has 0 unspecified atom stereocenters. The summed E-state index contributed by atoms with van der Waals surface area (Å²) in [5, 5.41) is 0. The molecule has 0 spiro atoms. The number of benzene rings is 1. The average Bonchev–Trinajstić information content (AvgIpc) is 2.37. The number of ether oxygens (including phenoxy) is 1. The van der Waals surface area contributed by atoms with Crippen molar-refractivity contribution >= 4 is 17.6 Å². The number of methoxy groups -OCH3 is 1. The summed E-state index contributed by atoms with van der Waals surface area (Å²) in [5.74, 6) is -1.53. The van der Waals surface area contributed by atoms with E-state index in [1.807, 2.05) is 24.3 Å². The van der Waals surface area contributed by atoms with E-state index < -0.39 is 11.9 Å². The Morgan fingerprint density at radius 1 is 1.24 bits per heavy atom. The lowest BCUT2D eigenvalue weighted by Crippen LogP contribution is -2.33. The van der Waals surface area contributed by atoms with Crippen molar-refractivity contribution in [3.63, 3.8) is 0 Å². The monoisotopic (exact) mass is 235 g/mol. The quantitative estimate of drug-likeness (QED) is 0.592. The summed E-state index contributed by atoms with van der Waals surface area (Å²) in [7, 11) is 2.74. The van der Waals surface area contributed by atoms with Crippen LogP contribution >= 0.6 is 0 Å². The second-order valence-corrected chi connectivity index (χ2v) is 3.77. The summed E-state index contributed by atoms with van der Waals surface area (Å²) in [6, 6.07) is 7.57. The molecule has 1 aromatic carbocycles. The number of rotatable bonds is 3. The first kappa shape index (κ1) is 13.2. The Morgan fingerprint density at radius 2 is 1.82 bits per heavy atom. The van der Waals surface area contributed by atoms with Gasteiger partial charge in [0.25, 0.3) is 0 Å². The number of hydrogen-bond donors (Lipinski definition) is 0. The number of likely N-dealkylation sites (N-methyl/N-ethyl adjacent to an activating group) is 1. The maximum atomic E-state index is 11.5. The van der Waals surface area contributed by atoms with E-state index in [9.17, 15) is 9.59 Å². The highest BCUT2D eigenvalue weighted by molar-refractivity contribution is 6.37. The third kappa shape index (κ3) is 3.31. The van der Waals surface area contributed by atoms with Crippen molar-refractivity contribution in [1.29, 1.82) is 0 Å². The smallest absolute Gasteiger partial charge is 0.397 e. The molecule has 0 saturated heterocycles. The van der Waals surface area contributed by atoms with E-state index in [4.69, 9.17) is 0 Å². The number of esters is 1. The molecule has 4 nitrogen and oxygen atoms in total. The Morgan fingerprint density at radius 3 is 2.29 bits per heavy atom. The number of carbonyl (C=O) groups is 2. The zero-order chi connectivity index (χ0) is 12.8. The zero-order valence-corrected chi connectivity index (χ0v) is 10.4. The molecule has 17 heavy (non-hydrogen) atoms. The van der Waals surface area contributed by atoms with E-state index in [1.54, 1.807) is 7.05 Å². The van der Waals surface area contributed by atoms with Gasteiger partial charge in [0.2, 0.25) is 0 Å². The van der Waals surface area contributed by atoms with Gasteiger partial charge in [0.1, 0.15) is 0 Å². The van der Waals surface area contributed by atoms with E-state index >= 15 is 0 Å². The van der Waals surface area contributed by atoms with Crippen LogP contribution in [0.3, 0.4) is 0 Å². The minimum atomic E-state index is -0.856. The standard InChI is InChI=1S/C13H17NO3/c1-4-5-10-6-8-11(9-7-10)14(2)12(15)13(16)17-3/h6-9H,4-5H2,1-3H3. The van der Waals surface area contributed by atoms with Crippen molar-refractivity contribution < 1.29 is 14.3 Å². The number of hydrogen-bond acceptors (Lipinski definition) is 3. The Bertz CT molecular complexity index is 398. The van der Waals surface area contributed by atoms with Gasteiger partial charge in [-0.3, -0.25) is 4.79 Å². The second kappa shape index (κ2) is 6.03. The van der Waals surface area contributed by atoms with Gasteiger partial charge in [0, 0.05) is 12.7 Å². The number of carbonyl (C=O) groups excluding carboxylic acids is 2. The van der Waals surface area contributed by atoms with Gasteiger partial charge >= 0.3 is 11.9 Å². The largest absolute Gasteiger partial charge is 0.462 e. The zero-order valence-electron chi connectivity index (χ0n) is 10.4. The first-order valence-electron chi connectivity index (χ1n) is 5.55. The van der Waals surface area contributed by atoms with E-state index in [2.05, 4.69) is 11.7 Å². The second-order valence-electron chi connectivity index (χ2n) is 3.77. The Balaban J connectivity index is 2.79. The minimum absolute atomic E-state index is 0.671. The van der Waals surface area contributed by atoms with Gasteiger partial charge in [-0.05, 0) is 24.1 Å². The summed E-state index contributed by atoms with van der Waals surface area (Å²) in [6.45, 7) is 2.11. The lowest BCUT2D eigenvalue weighted by atomic mass is 10.1. The van der Waals surface area contributed by atoms with Crippen LogP contribution in [0.2, 0.25) is 0 Å². The summed E-state index contributed by atoms with van der Waals surface area (Å²) in [6.07, 6.45) is 2.09. The van der Waals surface area contributed by atoms with Gasteiger partial charge in [-0.1, -0.05) is 25.5 Å². The maximum Gasteiger partial charge on any atom is 0.397 e. The highest BCUT2D eigenvalue weighted by Gasteiger charge is 2.20. The van der Waals surface area contributed by atoms with Gasteiger partial charge in [-0.15, -0.1) is 0 Å². The van der Waals surface area contributed by atoms with Crippen LogP contribution in [-0.4, -0.2) is 26.0 Å². The van der Waals surface area contributed by atoms with Crippen LogP contribution in [0.1, 0.15) is 18.9 Å². The highest BCUT2D eigenvalue weighted by Crippen LogP contribution is 2.15. The van der Waals surface area contributed by atoms with Crippen LogP contribution in [0.15, 0.2) is 24.3 Å². The third-order valence-electron chi connectivity index (χ3n) is 2.53. The fourth-order valence-corrected chi connectivity index (χ4v) is 1.52. The maximum absolute atomic E-state index is 11.5. The van der Waals surface area contributed by atoms with Crippen LogP contribution in [0.4, 0.5) is 5.69 Å². The van der Waals surface area contributed by atoms with Gasteiger partial charge in [-0.25, -0.2) is 4.79 Å². The minimum Gasteiger partial charge on any atom is -0.462 e. The normalized spacial score (nSPS) is 9.82. The molecule has 0 bridgehead atoms. The summed E-state index contributed by atoms with van der Waals surface area (Å²) in [5.41, 5.74) is 1.90. The molecule has 0 atom stereocenters. The van der Waals surface area contributed by atoms with Gasteiger partial charge < -0.3 is 9.64 Å². The molecule has 1 amide bonds. The van der Waals surface area contributed by atoms with Crippen LogP contribution in [0, 0.1) is 0 Å². The SMILES string of the molecule is CCCc1ccc(N(C)C(=O)C(=O)OC)cc1. The molecule has 1 aromatic rings.